The summed E-state index contributed by atoms with van der Waals surface area (Å²) in [5.74, 6) is -0.276. The number of hydrogen-bond donors (Lipinski definition) is 1. The van der Waals surface area contributed by atoms with Crippen LogP contribution in [0.2, 0.25) is 0 Å². The van der Waals surface area contributed by atoms with Crippen molar-refractivity contribution in [1.29, 1.82) is 0 Å². The van der Waals surface area contributed by atoms with Crippen molar-refractivity contribution in [3.05, 3.63) is 29.8 Å². The van der Waals surface area contributed by atoms with E-state index in [1.165, 1.54) is 0 Å². The van der Waals surface area contributed by atoms with E-state index in [0.717, 1.165) is 24.1 Å². The number of hydrogen-bond acceptors (Lipinski definition) is 3. The van der Waals surface area contributed by atoms with Crippen LogP contribution in [-0.2, 0) is 9.59 Å². The summed E-state index contributed by atoms with van der Waals surface area (Å²) in [4.78, 5) is 28.3. The normalized spacial score (nSPS) is 21.3. The highest BCUT2D eigenvalue weighted by atomic mass is 16.3. The van der Waals surface area contributed by atoms with Crippen molar-refractivity contribution < 1.29 is 14.7 Å². The van der Waals surface area contributed by atoms with Crippen LogP contribution < -0.4 is 4.90 Å². The molecule has 1 saturated heterocycles. The van der Waals surface area contributed by atoms with E-state index in [2.05, 4.69) is 0 Å². The molecule has 5 heteroatoms. The second-order valence-corrected chi connectivity index (χ2v) is 6.23. The molecule has 0 radical (unpaired) electrons. The van der Waals surface area contributed by atoms with E-state index in [0.29, 0.717) is 13.1 Å². The molecule has 118 valence electrons. The number of aliphatic hydroxyl groups is 1. The first kappa shape index (κ1) is 15.0. The Kier molecular flexibility index (Phi) is 4.16. The second-order valence-electron chi connectivity index (χ2n) is 6.23. The minimum absolute atomic E-state index is 0.00180. The van der Waals surface area contributed by atoms with E-state index in [1.54, 1.807) is 9.80 Å². The fraction of sp³-hybridized carbons (Fsp3) is 0.529. The molecule has 0 bridgehead atoms. The summed E-state index contributed by atoms with van der Waals surface area (Å²) in [5.41, 5.74) is 2.00. The summed E-state index contributed by atoms with van der Waals surface area (Å²) in [6.07, 6.45) is 2.28. The zero-order valence-corrected chi connectivity index (χ0v) is 12.9. The standard InChI is InChI=1S/C17H22N2O3/c1-12-2-4-15(5-3-12)19-11-13(10-16(19)21)17(22)18(8-9-20)14-6-7-14/h2-5,13-14,20H,6-11H2,1H3. The van der Waals surface area contributed by atoms with Crippen molar-refractivity contribution >= 4 is 17.5 Å². The smallest absolute Gasteiger partial charge is 0.228 e. The second kappa shape index (κ2) is 6.08. The highest BCUT2D eigenvalue weighted by Gasteiger charge is 2.41. The molecule has 2 aliphatic rings. The average Bonchev–Trinajstić information content (AvgIpc) is 3.27. The predicted molar refractivity (Wildman–Crippen MR) is 83.5 cm³/mol. The van der Waals surface area contributed by atoms with E-state index < -0.39 is 0 Å². The first-order valence-corrected chi connectivity index (χ1v) is 7.88. The predicted octanol–water partition coefficient (Wildman–Crippen LogP) is 1.33. The summed E-state index contributed by atoms with van der Waals surface area (Å²) in [7, 11) is 0. The van der Waals surface area contributed by atoms with Gasteiger partial charge in [0, 0.05) is 31.2 Å². The lowest BCUT2D eigenvalue weighted by atomic mass is 10.1. The minimum atomic E-state index is -0.291. The molecule has 5 nitrogen and oxygen atoms in total. The third-order valence-electron chi connectivity index (χ3n) is 4.43. The Labute approximate surface area is 130 Å². The number of benzene rings is 1. The van der Waals surface area contributed by atoms with Crippen LogP contribution in [0.5, 0.6) is 0 Å². The Morgan fingerprint density at radius 1 is 1.32 bits per heavy atom. The Bertz CT molecular complexity index is 566. The highest BCUT2D eigenvalue weighted by molar-refractivity contribution is 6.00. The van der Waals surface area contributed by atoms with Crippen LogP contribution in [0.25, 0.3) is 0 Å². The molecular formula is C17H22N2O3. The van der Waals surface area contributed by atoms with Gasteiger partial charge in [0.25, 0.3) is 0 Å². The maximum atomic E-state index is 12.6. The van der Waals surface area contributed by atoms with Crippen molar-refractivity contribution in [3.8, 4) is 0 Å². The third-order valence-corrected chi connectivity index (χ3v) is 4.43. The molecule has 1 N–H and O–H groups in total. The van der Waals surface area contributed by atoms with E-state index in [9.17, 15) is 9.59 Å². The molecular weight excluding hydrogens is 280 g/mol. The van der Waals surface area contributed by atoms with Crippen molar-refractivity contribution in [3.63, 3.8) is 0 Å². The van der Waals surface area contributed by atoms with Crippen molar-refractivity contribution in [2.24, 2.45) is 5.92 Å². The third kappa shape index (κ3) is 2.99. The maximum Gasteiger partial charge on any atom is 0.228 e. The SMILES string of the molecule is Cc1ccc(N2CC(C(=O)N(CCO)C3CC3)CC2=O)cc1. The molecule has 22 heavy (non-hydrogen) atoms. The van der Waals surface area contributed by atoms with Crippen LogP contribution >= 0.6 is 0 Å². The van der Waals surface area contributed by atoms with Gasteiger partial charge in [-0.15, -0.1) is 0 Å². The van der Waals surface area contributed by atoms with Crippen LogP contribution in [0.15, 0.2) is 24.3 Å². The fourth-order valence-electron chi connectivity index (χ4n) is 3.05. The van der Waals surface area contributed by atoms with Gasteiger partial charge in [0.15, 0.2) is 0 Å². The first-order chi connectivity index (χ1) is 10.6. The summed E-state index contributed by atoms with van der Waals surface area (Å²) < 4.78 is 0. The average molecular weight is 302 g/mol. The van der Waals surface area contributed by atoms with Crippen molar-refractivity contribution in [2.75, 3.05) is 24.6 Å². The van der Waals surface area contributed by atoms with Gasteiger partial charge in [-0.3, -0.25) is 9.59 Å². The number of aryl methyl sites for hydroxylation is 1. The monoisotopic (exact) mass is 302 g/mol. The summed E-state index contributed by atoms with van der Waals surface area (Å²) >= 11 is 0. The molecule has 3 rings (SSSR count). The van der Waals surface area contributed by atoms with Gasteiger partial charge < -0.3 is 14.9 Å². The zero-order valence-electron chi connectivity index (χ0n) is 12.9. The topological polar surface area (TPSA) is 60.9 Å². The zero-order chi connectivity index (χ0) is 15.7. The molecule has 0 aromatic heterocycles. The van der Waals surface area contributed by atoms with Gasteiger partial charge in [0.2, 0.25) is 11.8 Å². The van der Waals surface area contributed by atoms with Crippen LogP contribution in [0.1, 0.15) is 24.8 Å². The molecule has 1 aliphatic heterocycles. The molecule has 1 aromatic carbocycles. The van der Waals surface area contributed by atoms with E-state index >= 15 is 0 Å². The Morgan fingerprint density at radius 3 is 2.59 bits per heavy atom. The molecule has 2 amide bonds. The molecule has 1 atom stereocenters. The van der Waals surface area contributed by atoms with Gasteiger partial charge in [0.1, 0.15) is 0 Å². The van der Waals surface area contributed by atoms with Gasteiger partial charge in [-0.25, -0.2) is 0 Å². The lowest BCUT2D eigenvalue weighted by Crippen LogP contribution is -2.40. The van der Waals surface area contributed by atoms with Crippen molar-refractivity contribution in [2.45, 2.75) is 32.2 Å². The molecule has 1 unspecified atom stereocenters. The Balaban J connectivity index is 1.70. The molecule has 0 spiro atoms. The molecule has 2 fully saturated rings. The fourth-order valence-corrected chi connectivity index (χ4v) is 3.05. The van der Waals surface area contributed by atoms with E-state index in [4.69, 9.17) is 5.11 Å². The largest absolute Gasteiger partial charge is 0.395 e. The van der Waals surface area contributed by atoms with Crippen molar-refractivity contribution in [1.82, 2.24) is 4.90 Å². The minimum Gasteiger partial charge on any atom is -0.395 e. The van der Waals surface area contributed by atoms with Crippen LogP contribution in [0.4, 0.5) is 5.69 Å². The van der Waals surface area contributed by atoms with Gasteiger partial charge in [0.05, 0.1) is 12.5 Å². The number of amides is 2. The number of aliphatic hydroxyl groups excluding tert-OH is 1. The number of rotatable bonds is 5. The number of anilines is 1. The number of carbonyl (C=O) groups is 2. The van der Waals surface area contributed by atoms with Gasteiger partial charge >= 0.3 is 0 Å². The molecule has 1 aromatic rings. The van der Waals surface area contributed by atoms with Gasteiger partial charge in [-0.1, -0.05) is 17.7 Å². The quantitative estimate of drug-likeness (QED) is 0.892. The van der Waals surface area contributed by atoms with E-state index in [1.807, 2.05) is 31.2 Å². The number of carbonyl (C=O) groups excluding carboxylic acids is 2. The van der Waals surface area contributed by atoms with Gasteiger partial charge in [-0.05, 0) is 31.9 Å². The summed E-state index contributed by atoms with van der Waals surface area (Å²) in [5, 5.41) is 9.14. The van der Waals surface area contributed by atoms with E-state index in [-0.39, 0.29) is 36.8 Å². The lowest BCUT2D eigenvalue weighted by molar-refractivity contribution is -0.136. The maximum absolute atomic E-state index is 12.6. The summed E-state index contributed by atoms with van der Waals surface area (Å²) in [6.45, 7) is 2.79. The summed E-state index contributed by atoms with van der Waals surface area (Å²) in [6, 6.07) is 8.06. The molecule has 1 aliphatic carbocycles. The first-order valence-electron chi connectivity index (χ1n) is 7.88. The Morgan fingerprint density at radius 2 is 2.00 bits per heavy atom. The van der Waals surface area contributed by atoms with Crippen LogP contribution in [0, 0.1) is 12.8 Å². The lowest BCUT2D eigenvalue weighted by Gasteiger charge is -2.24. The number of nitrogens with zero attached hydrogens (tertiary/aromatic N) is 2. The molecule has 1 saturated carbocycles. The van der Waals surface area contributed by atoms with Crippen LogP contribution in [0.3, 0.4) is 0 Å². The highest BCUT2D eigenvalue weighted by Crippen LogP contribution is 2.31. The van der Waals surface area contributed by atoms with Gasteiger partial charge in [-0.2, -0.15) is 0 Å². The Hall–Kier alpha value is -1.88. The van der Waals surface area contributed by atoms with Crippen LogP contribution in [-0.4, -0.2) is 47.6 Å². The molecule has 1 heterocycles.